The Morgan fingerprint density at radius 1 is 1.08 bits per heavy atom. The molecule has 2 aromatic carbocycles. The van der Waals surface area contributed by atoms with E-state index in [0.717, 1.165) is 16.2 Å². The lowest BCUT2D eigenvalue weighted by molar-refractivity contribution is -0.136. The lowest BCUT2D eigenvalue weighted by atomic mass is 10.00. The number of carbonyl (C=O) groups excluding carboxylic acids is 1. The SMILES string of the molecule is O=C(NCc1ccnc(Cl)c1)n1c2c(c3c(C(F)(F)F)cc(F)cc31)CN(CC=Cc1ccc(F)cc1)CC2. The average Bonchev–Trinajstić information content (AvgIpc) is 3.20. The highest BCUT2D eigenvalue weighted by Crippen LogP contribution is 2.41. The van der Waals surface area contributed by atoms with Crippen molar-refractivity contribution in [3.8, 4) is 0 Å². The van der Waals surface area contributed by atoms with Gasteiger partial charge in [0.1, 0.15) is 16.8 Å². The minimum absolute atomic E-state index is 0.0528. The number of carbonyl (C=O) groups is 1. The molecule has 0 atom stereocenters. The number of nitrogens with zero attached hydrogens (tertiary/aromatic N) is 3. The summed E-state index contributed by atoms with van der Waals surface area (Å²) < 4.78 is 70.9. The van der Waals surface area contributed by atoms with E-state index in [1.165, 1.54) is 18.3 Å². The fourth-order valence-electron chi connectivity index (χ4n) is 4.84. The Hall–Kier alpha value is -3.76. The Bertz CT molecular complexity index is 1560. The molecule has 0 radical (unpaired) electrons. The van der Waals surface area contributed by atoms with Crippen LogP contribution in [-0.4, -0.2) is 33.6 Å². The summed E-state index contributed by atoms with van der Waals surface area (Å²) >= 11 is 5.90. The Kier molecular flexibility index (Phi) is 7.42. The summed E-state index contributed by atoms with van der Waals surface area (Å²) in [5.74, 6) is -1.43. The third kappa shape index (κ3) is 5.81. The van der Waals surface area contributed by atoms with Crippen LogP contribution >= 0.6 is 11.6 Å². The molecule has 0 unspecified atom stereocenters. The first-order chi connectivity index (χ1) is 18.6. The van der Waals surface area contributed by atoms with Gasteiger partial charge in [-0.3, -0.25) is 9.47 Å². The first-order valence-electron chi connectivity index (χ1n) is 12.1. The van der Waals surface area contributed by atoms with Gasteiger partial charge in [0.2, 0.25) is 0 Å². The fourth-order valence-corrected chi connectivity index (χ4v) is 5.04. The van der Waals surface area contributed by atoms with Gasteiger partial charge in [-0.2, -0.15) is 13.2 Å². The predicted octanol–water partition coefficient (Wildman–Crippen LogP) is 6.82. The number of amides is 1. The number of pyridine rings is 1. The van der Waals surface area contributed by atoms with E-state index in [1.54, 1.807) is 30.3 Å². The second-order valence-corrected chi connectivity index (χ2v) is 9.58. The van der Waals surface area contributed by atoms with Crippen LogP contribution in [0.1, 0.15) is 27.9 Å². The molecule has 5 nitrogen and oxygen atoms in total. The molecule has 0 bridgehead atoms. The molecule has 39 heavy (non-hydrogen) atoms. The third-order valence-electron chi connectivity index (χ3n) is 6.58. The highest BCUT2D eigenvalue weighted by atomic mass is 35.5. The lowest BCUT2D eigenvalue weighted by Gasteiger charge is -2.27. The van der Waals surface area contributed by atoms with Gasteiger partial charge in [-0.1, -0.05) is 35.9 Å². The molecule has 1 aliphatic rings. The lowest BCUT2D eigenvalue weighted by Crippen LogP contribution is -2.34. The van der Waals surface area contributed by atoms with Crippen LogP contribution in [0.4, 0.5) is 26.7 Å². The molecule has 1 N–H and O–H groups in total. The molecule has 1 amide bonds. The van der Waals surface area contributed by atoms with Crippen molar-refractivity contribution in [3.63, 3.8) is 0 Å². The van der Waals surface area contributed by atoms with Gasteiger partial charge in [0.25, 0.3) is 0 Å². The van der Waals surface area contributed by atoms with Crippen molar-refractivity contribution < 1.29 is 26.7 Å². The average molecular weight is 561 g/mol. The molecule has 3 heterocycles. The molecule has 0 saturated carbocycles. The van der Waals surface area contributed by atoms with E-state index >= 15 is 0 Å². The summed E-state index contributed by atoms with van der Waals surface area (Å²) in [6, 6.07) is 9.89. The smallest absolute Gasteiger partial charge is 0.333 e. The zero-order chi connectivity index (χ0) is 27.7. The second kappa shape index (κ2) is 10.8. The van der Waals surface area contributed by atoms with Gasteiger partial charge in [0, 0.05) is 49.9 Å². The van der Waals surface area contributed by atoms with Crippen LogP contribution in [0, 0.1) is 11.6 Å². The Morgan fingerprint density at radius 2 is 1.85 bits per heavy atom. The summed E-state index contributed by atoms with van der Waals surface area (Å²) in [7, 11) is 0. The van der Waals surface area contributed by atoms with Crippen molar-refractivity contribution in [1.29, 1.82) is 0 Å². The van der Waals surface area contributed by atoms with Crippen LogP contribution in [0.2, 0.25) is 5.15 Å². The molecule has 1 aliphatic heterocycles. The van der Waals surface area contributed by atoms with Crippen LogP contribution in [0.5, 0.6) is 0 Å². The van der Waals surface area contributed by atoms with Crippen molar-refractivity contribution in [1.82, 2.24) is 19.8 Å². The monoisotopic (exact) mass is 560 g/mol. The van der Waals surface area contributed by atoms with E-state index in [1.807, 2.05) is 11.0 Å². The summed E-state index contributed by atoms with van der Waals surface area (Å²) in [6.45, 7) is 1.07. The van der Waals surface area contributed by atoms with E-state index in [-0.39, 0.29) is 41.4 Å². The quantitative estimate of drug-likeness (QED) is 0.215. The Balaban J connectivity index is 1.48. The third-order valence-corrected chi connectivity index (χ3v) is 6.78. The molecule has 0 saturated heterocycles. The number of halogens is 6. The Morgan fingerprint density at radius 3 is 2.56 bits per heavy atom. The largest absolute Gasteiger partial charge is 0.417 e. The minimum atomic E-state index is -4.82. The number of fused-ring (bicyclic) bond motifs is 3. The minimum Gasteiger partial charge on any atom is -0.333 e. The van der Waals surface area contributed by atoms with Gasteiger partial charge in [0.05, 0.1) is 11.1 Å². The summed E-state index contributed by atoms with van der Waals surface area (Å²) in [4.78, 5) is 19.1. The first-order valence-corrected chi connectivity index (χ1v) is 12.4. The predicted molar refractivity (Wildman–Crippen MR) is 138 cm³/mol. The van der Waals surface area contributed by atoms with Crippen molar-refractivity contribution >= 4 is 34.6 Å². The maximum atomic E-state index is 14.5. The van der Waals surface area contributed by atoms with Crippen LogP contribution in [0.3, 0.4) is 0 Å². The normalized spacial score (nSPS) is 14.2. The fraction of sp³-hybridized carbons (Fsp3) is 0.214. The van der Waals surface area contributed by atoms with Gasteiger partial charge in [0.15, 0.2) is 0 Å². The highest BCUT2D eigenvalue weighted by Gasteiger charge is 2.38. The Labute approximate surface area is 225 Å². The molecule has 2 aromatic heterocycles. The molecule has 11 heteroatoms. The molecule has 0 spiro atoms. The molecule has 0 aliphatic carbocycles. The number of nitrogens with one attached hydrogen (secondary N) is 1. The highest BCUT2D eigenvalue weighted by molar-refractivity contribution is 6.29. The van der Waals surface area contributed by atoms with Crippen LogP contribution in [0.15, 0.2) is 60.8 Å². The first kappa shape index (κ1) is 26.8. The van der Waals surface area contributed by atoms with E-state index in [9.17, 15) is 26.7 Å². The molecular weight excluding hydrogens is 539 g/mol. The van der Waals surface area contributed by atoms with Crippen molar-refractivity contribution in [2.75, 3.05) is 13.1 Å². The maximum absolute atomic E-state index is 14.5. The standard InChI is InChI=1S/C28H22ClF5N4O/c29-25-12-18(7-9-35-25)15-36-27(39)38-23-8-11-37(10-1-2-17-3-5-19(30)6-4-17)16-21(23)26-22(28(32,33)34)13-20(31)14-24(26)38/h1-7,9,12-14H,8,10-11,15-16H2,(H,36,39). The molecule has 5 rings (SSSR count). The maximum Gasteiger partial charge on any atom is 0.417 e. The van der Waals surface area contributed by atoms with E-state index in [4.69, 9.17) is 11.6 Å². The summed E-state index contributed by atoms with van der Waals surface area (Å²) in [5.41, 5.74) is 0.917. The number of hydrogen-bond donors (Lipinski definition) is 1. The molecule has 202 valence electrons. The van der Waals surface area contributed by atoms with E-state index in [0.29, 0.717) is 36.0 Å². The van der Waals surface area contributed by atoms with E-state index < -0.39 is 23.6 Å². The van der Waals surface area contributed by atoms with Crippen LogP contribution in [-0.2, 0) is 25.7 Å². The zero-order valence-corrected chi connectivity index (χ0v) is 21.2. The summed E-state index contributed by atoms with van der Waals surface area (Å²) in [6.07, 6.45) is 0.569. The molecule has 0 fully saturated rings. The number of alkyl halides is 3. The topological polar surface area (TPSA) is 50.2 Å². The number of hydrogen-bond acceptors (Lipinski definition) is 3. The van der Waals surface area contributed by atoms with E-state index in [2.05, 4.69) is 10.3 Å². The molecular formula is C28H22ClF5N4O. The van der Waals surface area contributed by atoms with Gasteiger partial charge in [-0.15, -0.1) is 0 Å². The molecule has 4 aromatic rings. The van der Waals surface area contributed by atoms with Gasteiger partial charge < -0.3 is 5.32 Å². The second-order valence-electron chi connectivity index (χ2n) is 9.19. The van der Waals surface area contributed by atoms with Crippen LogP contribution in [0.25, 0.3) is 17.0 Å². The van der Waals surface area contributed by atoms with Gasteiger partial charge >= 0.3 is 12.2 Å². The van der Waals surface area contributed by atoms with Crippen molar-refractivity contribution in [2.24, 2.45) is 0 Å². The number of rotatable bonds is 5. The zero-order valence-electron chi connectivity index (χ0n) is 20.4. The van der Waals surface area contributed by atoms with Crippen molar-refractivity contribution in [2.45, 2.75) is 25.7 Å². The van der Waals surface area contributed by atoms with Crippen LogP contribution < -0.4 is 5.32 Å². The van der Waals surface area contributed by atoms with Crippen molar-refractivity contribution in [3.05, 3.63) is 106 Å². The number of benzene rings is 2. The number of aromatic nitrogens is 2. The van der Waals surface area contributed by atoms with Gasteiger partial charge in [-0.25, -0.2) is 18.6 Å². The van der Waals surface area contributed by atoms with Gasteiger partial charge in [-0.05, 0) is 53.1 Å². The summed E-state index contributed by atoms with van der Waals surface area (Å²) in [5, 5.41) is 2.74.